The first-order valence-corrected chi connectivity index (χ1v) is 6.12. The topological polar surface area (TPSA) is 34.9 Å². The van der Waals surface area contributed by atoms with Gasteiger partial charge >= 0.3 is 0 Å². The van der Waals surface area contributed by atoms with Crippen LogP contribution in [0.25, 0.3) is 0 Å². The Bertz CT molecular complexity index is 390. The molecule has 0 amide bonds. The van der Waals surface area contributed by atoms with Crippen LogP contribution < -0.4 is 0 Å². The third-order valence-electron chi connectivity index (χ3n) is 3.83. The summed E-state index contributed by atoms with van der Waals surface area (Å²) in [6.45, 7) is 6.03. The predicted octanol–water partition coefficient (Wildman–Crippen LogP) is 2.77. The van der Waals surface area contributed by atoms with Crippen molar-refractivity contribution in [3.05, 3.63) is 18.0 Å². The maximum absolute atomic E-state index is 11.5. The summed E-state index contributed by atoms with van der Waals surface area (Å²) in [5.41, 5.74) is 1.00. The third kappa shape index (κ3) is 2.04. The fourth-order valence-electron chi connectivity index (χ4n) is 2.06. The number of ketones is 1. The molecule has 1 aromatic heterocycles. The van der Waals surface area contributed by atoms with Crippen molar-refractivity contribution in [1.82, 2.24) is 9.78 Å². The standard InChI is InChI=1S/C13H20N2O/c1-4-10(2)15-8-5-12(14-15)9-13(6-7-13)11(3)16/h5,8,10H,4,6-7,9H2,1-3H3. The van der Waals surface area contributed by atoms with Crippen LogP contribution in [0.15, 0.2) is 12.3 Å². The molecule has 0 saturated heterocycles. The van der Waals surface area contributed by atoms with E-state index in [2.05, 4.69) is 25.0 Å². The van der Waals surface area contributed by atoms with Crippen molar-refractivity contribution in [3.63, 3.8) is 0 Å². The molecule has 1 heterocycles. The zero-order valence-corrected chi connectivity index (χ0v) is 10.4. The van der Waals surface area contributed by atoms with E-state index in [-0.39, 0.29) is 5.41 Å². The molecule has 0 radical (unpaired) electrons. The minimum Gasteiger partial charge on any atom is -0.299 e. The largest absolute Gasteiger partial charge is 0.299 e. The van der Waals surface area contributed by atoms with Crippen molar-refractivity contribution in [3.8, 4) is 0 Å². The quantitative estimate of drug-likeness (QED) is 0.764. The third-order valence-corrected chi connectivity index (χ3v) is 3.83. The number of carbonyl (C=O) groups is 1. The van der Waals surface area contributed by atoms with Crippen LogP contribution in [0.4, 0.5) is 0 Å². The minimum absolute atomic E-state index is 0.0609. The summed E-state index contributed by atoms with van der Waals surface area (Å²) in [6, 6.07) is 2.50. The summed E-state index contributed by atoms with van der Waals surface area (Å²) in [5.74, 6) is 0.325. The number of hydrogen-bond donors (Lipinski definition) is 0. The Morgan fingerprint density at radius 2 is 2.31 bits per heavy atom. The number of rotatable bonds is 5. The van der Waals surface area contributed by atoms with E-state index in [1.165, 1.54) is 0 Å². The lowest BCUT2D eigenvalue weighted by atomic mass is 9.96. The van der Waals surface area contributed by atoms with Gasteiger partial charge in [0.1, 0.15) is 5.78 Å². The Morgan fingerprint density at radius 3 is 2.81 bits per heavy atom. The van der Waals surface area contributed by atoms with Crippen molar-refractivity contribution in [2.75, 3.05) is 0 Å². The van der Waals surface area contributed by atoms with Crippen LogP contribution in [-0.2, 0) is 11.2 Å². The van der Waals surface area contributed by atoms with Gasteiger partial charge in [-0.3, -0.25) is 9.48 Å². The molecule has 88 valence electrons. The van der Waals surface area contributed by atoms with E-state index >= 15 is 0 Å². The highest BCUT2D eigenvalue weighted by Gasteiger charge is 2.47. The minimum atomic E-state index is -0.0609. The van der Waals surface area contributed by atoms with E-state index in [0.717, 1.165) is 31.4 Å². The van der Waals surface area contributed by atoms with E-state index in [0.29, 0.717) is 11.8 Å². The maximum Gasteiger partial charge on any atom is 0.136 e. The van der Waals surface area contributed by atoms with E-state index in [4.69, 9.17) is 0 Å². The second kappa shape index (κ2) is 4.04. The molecular weight excluding hydrogens is 200 g/mol. The molecule has 1 unspecified atom stereocenters. The molecule has 1 atom stereocenters. The normalized spacial score (nSPS) is 19.4. The Hall–Kier alpha value is -1.12. The van der Waals surface area contributed by atoms with Gasteiger partial charge in [-0.1, -0.05) is 6.92 Å². The fourth-order valence-corrected chi connectivity index (χ4v) is 2.06. The zero-order valence-electron chi connectivity index (χ0n) is 10.4. The van der Waals surface area contributed by atoms with Crippen LogP contribution in [0.3, 0.4) is 0 Å². The predicted molar refractivity (Wildman–Crippen MR) is 63.3 cm³/mol. The summed E-state index contributed by atoms with van der Waals surface area (Å²) in [6.07, 6.45) is 6.02. The first-order chi connectivity index (χ1) is 7.57. The molecule has 1 aromatic rings. The average Bonchev–Trinajstić information content (AvgIpc) is 2.89. The van der Waals surface area contributed by atoms with Gasteiger partial charge in [0.25, 0.3) is 0 Å². The van der Waals surface area contributed by atoms with E-state index in [1.807, 2.05) is 10.9 Å². The first kappa shape index (κ1) is 11.4. The van der Waals surface area contributed by atoms with Crippen LogP contribution in [0.5, 0.6) is 0 Å². The molecule has 0 N–H and O–H groups in total. The van der Waals surface area contributed by atoms with Gasteiger partial charge in [0, 0.05) is 24.1 Å². The lowest BCUT2D eigenvalue weighted by Crippen LogP contribution is -2.15. The van der Waals surface area contributed by atoms with Crippen molar-refractivity contribution in [2.45, 2.75) is 52.5 Å². The van der Waals surface area contributed by atoms with Crippen LogP contribution in [0, 0.1) is 5.41 Å². The Morgan fingerprint density at radius 1 is 1.62 bits per heavy atom. The second-order valence-corrected chi connectivity index (χ2v) is 5.06. The number of Topliss-reactive ketones (excluding diaryl/α,β-unsaturated/α-hetero) is 1. The second-order valence-electron chi connectivity index (χ2n) is 5.06. The highest BCUT2D eigenvalue weighted by Crippen LogP contribution is 2.48. The van der Waals surface area contributed by atoms with Crippen LogP contribution in [0.1, 0.15) is 51.8 Å². The van der Waals surface area contributed by atoms with Crippen molar-refractivity contribution >= 4 is 5.78 Å². The number of hydrogen-bond acceptors (Lipinski definition) is 2. The summed E-state index contributed by atoms with van der Waals surface area (Å²) >= 11 is 0. The number of aromatic nitrogens is 2. The van der Waals surface area contributed by atoms with Gasteiger partial charge in [-0.15, -0.1) is 0 Å². The van der Waals surface area contributed by atoms with Crippen LogP contribution >= 0.6 is 0 Å². The lowest BCUT2D eigenvalue weighted by molar-refractivity contribution is -0.122. The molecule has 0 bridgehead atoms. The molecule has 1 aliphatic rings. The molecule has 0 aromatic carbocycles. The van der Waals surface area contributed by atoms with Crippen molar-refractivity contribution in [1.29, 1.82) is 0 Å². The van der Waals surface area contributed by atoms with Crippen LogP contribution in [-0.4, -0.2) is 15.6 Å². The molecule has 1 fully saturated rings. The molecule has 3 nitrogen and oxygen atoms in total. The highest BCUT2D eigenvalue weighted by molar-refractivity contribution is 5.85. The van der Waals surface area contributed by atoms with Gasteiger partial charge in [0.2, 0.25) is 0 Å². The maximum atomic E-state index is 11.5. The van der Waals surface area contributed by atoms with Crippen molar-refractivity contribution < 1.29 is 4.79 Å². The van der Waals surface area contributed by atoms with Gasteiger partial charge in [-0.2, -0.15) is 5.10 Å². The van der Waals surface area contributed by atoms with E-state index < -0.39 is 0 Å². The molecule has 0 aliphatic heterocycles. The Kier molecular flexibility index (Phi) is 2.87. The molecule has 16 heavy (non-hydrogen) atoms. The molecular formula is C13H20N2O. The summed E-state index contributed by atoms with van der Waals surface area (Å²) in [5, 5.41) is 4.55. The first-order valence-electron chi connectivity index (χ1n) is 6.12. The van der Waals surface area contributed by atoms with Crippen molar-refractivity contribution in [2.24, 2.45) is 5.41 Å². The average molecular weight is 220 g/mol. The number of nitrogens with zero attached hydrogens (tertiary/aromatic N) is 2. The highest BCUT2D eigenvalue weighted by atomic mass is 16.1. The zero-order chi connectivity index (χ0) is 11.8. The van der Waals surface area contributed by atoms with Gasteiger partial charge in [-0.05, 0) is 39.2 Å². The molecule has 0 spiro atoms. The monoisotopic (exact) mass is 220 g/mol. The smallest absolute Gasteiger partial charge is 0.136 e. The lowest BCUT2D eigenvalue weighted by Gasteiger charge is -2.10. The fraction of sp³-hybridized carbons (Fsp3) is 0.692. The Labute approximate surface area is 96.8 Å². The van der Waals surface area contributed by atoms with Gasteiger partial charge < -0.3 is 0 Å². The number of carbonyl (C=O) groups excluding carboxylic acids is 1. The van der Waals surface area contributed by atoms with E-state index in [9.17, 15) is 4.79 Å². The van der Waals surface area contributed by atoms with Crippen LogP contribution in [0.2, 0.25) is 0 Å². The van der Waals surface area contributed by atoms with Gasteiger partial charge in [0.05, 0.1) is 5.69 Å². The van der Waals surface area contributed by atoms with E-state index in [1.54, 1.807) is 6.92 Å². The SMILES string of the molecule is CCC(C)n1ccc(CC2(C(C)=O)CC2)n1. The van der Waals surface area contributed by atoms with Gasteiger partial charge in [-0.25, -0.2) is 0 Å². The van der Waals surface area contributed by atoms with Gasteiger partial charge in [0.15, 0.2) is 0 Å². The summed E-state index contributed by atoms with van der Waals surface area (Å²) < 4.78 is 2.01. The molecule has 3 heteroatoms. The summed E-state index contributed by atoms with van der Waals surface area (Å²) in [4.78, 5) is 11.5. The Balaban J connectivity index is 2.06. The molecule has 2 rings (SSSR count). The summed E-state index contributed by atoms with van der Waals surface area (Å²) in [7, 11) is 0. The molecule has 1 aliphatic carbocycles. The molecule has 1 saturated carbocycles.